The first-order chi connectivity index (χ1) is 16.5. The number of ether oxygens (including phenoxy) is 1. The SMILES string of the molecule is CCCNC(=O)[C@H](Cc1ccccc1)N(Cc1ccc(Cl)cc1)C(=O)COc1ccc(I)cc1. The number of nitrogens with one attached hydrogen (secondary N) is 1. The highest BCUT2D eigenvalue weighted by Crippen LogP contribution is 2.18. The Hall–Kier alpha value is -2.58. The van der Waals surface area contributed by atoms with Crippen LogP contribution >= 0.6 is 34.2 Å². The number of hydrogen-bond acceptors (Lipinski definition) is 3. The van der Waals surface area contributed by atoms with Gasteiger partial charge >= 0.3 is 0 Å². The van der Waals surface area contributed by atoms with E-state index in [-0.39, 0.29) is 25.0 Å². The van der Waals surface area contributed by atoms with Gasteiger partial charge in [0.25, 0.3) is 5.91 Å². The van der Waals surface area contributed by atoms with Crippen LogP contribution < -0.4 is 10.1 Å². The van der Waals surface area contributed by atoms with Gasteiger partial charge in [0.1, 0.15) is 11.8 Å². The Morgan fingerprint density at radius 1 is 0.971 bits per heavy atom. The van der Waals surface area contributed by atoms with Crippen LogP contribution in [0.15, 0.2) is 78.9 Å². The van der Waals surface area contributed by atoms with Crippen molar-refractivity contribution in [1.82, 2.24) is 10.2 Å². The largest absolute Gasteiger partial charge is 0.484 e. The first-order valence-electron chi connectivity index (χ1n) is 11.2. The molecule has 0 saturated carbocycles. The van der Waals surface area contributed by atoms with E-state index in [0.29, 0.717) is 23.7 Å². The molecular weight excluding hydrogens is 563 g/mol. The molecule has 0 aromatic heterocycles. The smallest absolute Gasteiger partial charge is 0.261 e. The Morgan fingerprint density at radius 2 is 1.65 bits per heavy atom. The summed E-state index contributed by atoms with van der Waals surface area (Å²) >= 11 is 8.27. The van der Waals surface area contributed by atoms with Gasteiger partial charge in [0, 0.05) is 28.1 Å². The fourth-order valence-corrected chi connectivity index (χ4v) is 3.95. The van der Waals surface area contributed by atoms with Gasteiger partial charge in [-0.15, -0.1) is 0 Å². The summed E-state index contributed by atoms with van der Waals surface area (Å²) in [6.07, 6.45) is 1.21. The van der Waals surface area contributed by atoms with E-state index in [0.717, 1.165) is 21.1 Å². The van der Waals surface area contributed by atoms with Gasteiger partial charge in [-0.2, -0.15) is 0 Å². The predicted molar refractivity (Wildman–Crippen MR) is 144 cm³/mol. The predicted octanol–water partition coefficient (Wildman–Crippen LogP) is 5.49. The molecule has 0 aliphatic carbocycles. The number of benzene rings is 3. The number of halogens is 2. The van der Waals surface area contributed by atoms with Crippen LogP contribution in [0.5, 0.6) is 5.75 Å². The van der Waals surface area contributed by atoms with Gasteiger partial charge in [-0.3, -0.25) is 9.59 Å². The van der Waals surface area contributed by atoms with Crippen LogP contribution in [0.2, 0.25) is 5.02 Å². The molecule has 0 fully saturated rings. The van der Waals surface area contributed by atoms with Crippen LogP contribution in [0.1, 0.15) is 24.5 Å². The Balaban J connectivity index is 1.87. The highest BCUT2D eigenvalue weighted by Gasteiger charge is 2.30. The summed E-state index contributed by atoms with van der Waals surface area (Å²) in [5, 5.41) is 3.58. The number of nitrogens with zero attached hydrogens (tertiary/aromatic N) is 1. The molecule has 7 heteroatoms. The summed E-state index contributed by atoms with van der Waals surface area (Å²) < 4.78 is 6.85. The summed E-state index contributed by atoms with van der Waals surface area (Å²) in [5.74, 6) is 0.165. The summed E-state index contributed by atoms with van der Waals surface area (Å²) in [5.41, 5.74) is 1.86. The first-order valence-corrected chi connectivity index (χ1v) is 12.7. The minimum absolute atomic E-state index is 0.166. The number of carbonyl (C=O) groups is 2. The third kappa shape index (κ3) is 8.02. The van der Waals surface area contributed by atoms with Crippen molar-refractivity contribution < 1.29 is 14.3 Å². The zero-order valence-electron chi connectivity index (χ0n) is 19.0. The molecule has 1 N–H and O–H groups in total. The van der Waals surface area contributed by atoms with E-state index in [1.165, 1.54) is 0 Å². The molecule has 0 unspecified atom stereocenters. The number of carbonyl (C=O) groups excluding carboxylic acids is 2. The Bertz CT molecular complexity index is 1060. The number of hydrogen-bond donors (Lipinski definition) is 1. The quantitative estimate of drug-likeness (QED) is 0.301. The van der Waals surface area contributed by atoms with E-state index in [1.807, 2.05) is 73.7 Å². The van der Waals surface area contributed by atoms with E-state index in [4.69, 9.17) is 16.3 Å². The Morgan fingerprint density at radius 3 is 2.29 bits per heavy atom. The van der Waals surface area contributed by atoms with Crippen molar-refractivity contribution in [3.8, 4) is 5.75 Å². The van der Waals surface area contributed by atoms with Gasteiger partial charge in [0.15, 0.2) is 6.61 Å². The van der Waals surface area contributed by atoms with Crippen LogP contribution in [0.3, 0.4) is 0 Å². The van der Waals surface area contributed by atoms with Gasteiger partial charge in [-0.05, 0) is 76.5 Å². The van der Waals surface area contributed by atoms with E-state index >= 15 is 0 Å². The highest BCUT2D eigenvalue weighted by atomic mass is 127. The maximum Gasteiger partial charge on any atom is 0.261 e. The molecule has 178 valence electrons. The van der Waals surface area contributed by atoms with Crippen molar-refractivity contribution >= 4 is 46.0 Å². The minimum atomic E-state index is -0.683. The molecule has 3 rings (SSSR count). The van der Waals surface area contributed by atoms with E-state index < -0.39 is 6.04 Å². The summed E-state index contributed by atoms with van der Waals surface area (Å²) in [4.78, 5) is 28.3. The average molecular weight is 591 g/mol. The van der Waals surface area contributed by atoms with Gasteiger partial charge in [-0.25, -0.2) is 0 Å². The molecule has 0 aliphatic rings. The second kappa shape index (κ2) is 13.3. The highest BCUT2D eigenvalue weighted by molar-refractivity contribution is 14.1. The molecule has 34 heavy (non-hydrogen) atoms. The molecule has 0 radical (unpaired) electrons. The molecule has 1 atom stereocenters. The van der Waals surface area contributed by atoms with Crippen molar-refractivity contribution in [2.75, 3.05) is 13.2 Å². The molecule has 0 spiro atoms. The standard InChI is InChI=1S/C27H28ClIN2O3/c1-2-16-30-27(33)25(17-20-6-4-3-5-7-20)31(18-21-8-10-22(28)11-9-21)26(32)19-34-24-14-12-23(29)13-15-24/h3-15,25H,2,16-19H2,1H3,(H,30,33)/t25-/m0/s1. The molecular formula is C27H28ClIN2O3. The van der Waals surface area contributed by atoms with E-state index in [9.17, 15) is 9.59 Å². The topological polar surface area (TPSA) is 58.6 Å². The van der Waals surface area contributed by atoms with Crippen molar-refractivity contribution in [3.63, 3.8) is 0 Å². The second-order valence-electron chi connectivity index (χ2n) is 7.89. The second-order valence-corrected chi connectivity index (χ2v) is 9.57. The van der Waals surface area contributed by atoms with Gasteiger partial charge in [0.05, 0.1) is 0 Å². The lowest BCUT2D eigenvalue weighted by atomic mass is 10.0. The van der Waals surface area contributed by atoms with Gasteiger partial charge in [-0.1, -0.05) is 61.0 Å². The Kier molecular flexibility index (Phi) is 10.2. The fourth-order valence-electron chi connectivity index (χ4n) is 3.47. The lowest BCUT2D eigenvalue weighted by Crippen LogP contribution is -2.51. The molecule has 0 aliphatic heterocycles. The first kappa shape index (κ1) is 26.0. The normalized spacial score (nSPS) is 11.5. The maximum absolute atomic E-state index is 13.5. The van der Waals surface area contributed by atoms with Crippen molar-refractivity contribution in [3.05, 3.63) is 98.6 Å². The summed E-state index contributed by atoms with van der Waals surface area (Å²) in [6.45, 7) is 2.65. The molecule has 3 aromatic carbocycles. The van der Waals surface area contributed by atoms with Crippen LogP contribution in [-0.2, 0) is 22.6 Å². The fraction of sp³-hybridized carbons (Fsp3) is 0.259. The molecule has 3 aromatic rings. The number of amides is 2. The van der Waals surface area contributed by atoms with Gasteiger partial charge < -0.3 is 15.0 Å². The van der Waals surface area contributed by atoms with Crippen molar-refractivity contribution in [2.24, 2.45) is 0 Å². The van der Waals surface area contributed by atoms with Crippen molar-refractivity contribution in [1.29, 1.82) is 0 Å². The van der Waals surface area contributed by atoms with Crippen LogP contribution in [0, 0.1) is 3.57 Å². The minimum Gasteiger partial charge on any atom is -0.484 e. The van der Waals surface area contributed by atoms with Crippen LogP contribution in [-0.4, -0.2) is 35.9 Å². The van der Waals surface area contributed by atoms with E-state index in [1.54, 1.807) is 17.0 Å². The van der Waals surface area contributed by atoms with E-state index in [2.05, 4.69) is 27.9 Å². The number of rotatable bonds is 11. The molecule has 0 saturated heterocycles. The van der Waals surface area contributed by atoms with Crippen molar-refractivity contribution in [2.45, 2.75) is 32.4 Å². The monoisotopic (exact) mass is 590 g/mol. The summed E-state index contributed by atoms with van der Waals surface area (Å²) in [6, 6.07) is 23.8. The Labute approximate surface area is 219 Å². The van der Waals surface area contributed by atoms with Crippen LogP contribution in [0.4, 0.5) is 0 Å². The molecule has 0 bridgehead atoms. The third-order valence-electron chi connectivity index (χ3n) is 5.26. The zero-order valence-corrected chi connectivity index (χ0v) is 22.0. The van der Waals surface area contributed by atoms with Crippen LogP contribution in [0.25, 0.3) is 0 Å². The third-order valence-corrected chi connectivity index (χ3v) is 6.23. The molecule has 2 amide bonds. The lowest BCUT2D eigenvalue weighted by Gasteiger charge is -2.31. The zero-order chi connectivity index (χ0) is 24.3. The average Bonchev–Trinajstić information content (AvgIpc) is 2.86. The molecule has 5 nitrogen and oxygen atoms in total. The molecule has 0 heterocycles. The maximum atomic E-state index is 13.5. The lowest BCUT2D eigenvalue weighted by molar-refractivity contribution is -0.142. The summed E-state index contributed by atoms with van der Waals surface area (Å²) in [7, 11) is 0. The van der Waals surface area contributed by atoms with Gasteiger partial charge in [0.2, 0.25) is 5.91 Å².